The van der Waals surface area contributed by atoms with E-state index in [4.69, 9.17) is 14.2 Å². The van der Waals surface area contributed by atoms with E-state index in [1.165, 1.54) is 199 Å². The third-order valence-corrected chi connectivity index (χ3v) is 13.0. The van der Waals surface area contributed by atoms with Crippen molar-refractivity contribution in [3.8, 4) is 0 Å². The number of hydrogen-bond acceptors (Lipinski definition) is 5. The lowest BCUT2D eigenvalue weighted by atomic mass is 10.1. The molecule has 0 rings (SSSR count). The fraction of sp³-hybridized carbons (Fsp3) is 0.810. The average molecular weight is 952 g/mol. The van der Waals surface area contributed by atoms with Crippen LogP contribution in [0.2, 0.25) is 0 Å². The van der Waals surface area contributed by atoms with Crippen molar-refractivity contribution in [1.82, 2.24) is 0 Å². The Bertz CT molecular complexity index is 1170. The Labute approximate surface area is 424 Å². The molecule has 0 spiro atoms. The van der Waals surface area contributed by atoms with Crippen molar-refractivity contribution in [2.75, 3.05) is 19.8 Å². The van der Waals surface area contributed by atoms with Crippen LogP contribution in [0.25, 0.3) is 0 Å². The number of carbonyl (C=O) groups excluding carboxylic acids is 2. The van der Waals surface area contributed by atoms with Gasteiger partial charge in [-0.15, -0.1) is 0 Å². The van der Waals surface area contributed by atoms with Crippen LogP contribution in [0.5, 0.6) is 0 Å². The summed E-state index contributed by atoms with van der Waals surface area (Å²) < 4.78 is 17.5. The average Bonchev–Trinajstić information content (AvgIpc) is 3.34. The molecular formula is C63H114O5. The SMILES string of the molecule is CC/C=C\C/C=C\C/C=C\CCCCCCCC(=O)OC(COCCCCCCCCCC/C=C\CCCCCCCC)COC(=O)CCCCCCCCCCC/C=C\CCCCCCCC. The van der Waals surface area contributed by atoms with Gasteiger partial charge in [0.05, 0.1) is 6.61 Å². The number of ether oxygens (including phenoxy) is 3. The second kappa shape index (κ2) is 58.9. The Hall–Kier alpha value is -2.40. The zero-order valence-electron chi connectivity index (χ0n) is 45.6. The third kappa shape index (κ3) is 56.2. The molecular weight excluding hydrogens is 837 g/mol. The van der Waals surface area contributed by atoms with E-state index in [-0.39, 0.29) is 25.2 Å². The topological polar surface area (TPSA) is 61.8 Å². The van der Waals surface area contributed by atoms with Gasteiger partial charge in [-0.05, 0) is 103 Å². The molecule has 0 fully saturated rings. The molecule has 0 heterocycles. The molecule has 0 aromatic heterocycles. The molecule has 0 aromatic carbocycles. The van der Waals surface area contributed by atoms with Crippen LogP contribution in [0, 0.1) is 0 Å². The van der Waals surface area contributed by atoms with Crippen molar-refractivity contribution in [2.24, 2.45) is 0 Å². The van der Waals surface area contributed by atoms with E-state index in [1.807, 2.05) is 0 Å². The summed E-state index contributed by atoms with van der Waals surface area (Å²) in [7, 11) is 0. The zero-order valence-corrected chi connectivity index (χ0v) is 45.6. The molecule has 0 bridgehead atoms. The molecule has 5 heteroatoms. The highest BCUT2D eigenvalue weighted by Gasteiger charge is 2.17. The predicted molar refractivity (Wildman–Crippen MR) is 298 cm³/mol. The van der Waals surface area contributed by atoms with Crippen LogP contribution < -0.4 is 0 Å². The van der Waals surface area contributed by atoms with E-state index < -0.39 is 6.10 Å². The Morgan fingerprint density at radius 1 is 0.338 bits per heavy atom. The molecule has 0 N–H and O–H groups in total. The number of hydrogen-bond donors (Lipinski definition) is 0. The van der Waals surface area contributed by atoms with Crippen LogP contribution in [0.4, 0.5) is 0 Å². The quantitative estimate of drug-likeness (QED) is 0.0345. The normalized spacial score (nSPS) is 12.6. The van der Waals surface area contributed by atoms with Crippen LogP contribution in [-0.2, 0) is 23.8 Å². The first-order chi connectivity index (χ1) is 33.6. The summed E-state index contributed by atoms with van der Waals surface area (Å²) in [6.07, 6.45) is 75.3. The largest absolute Gasteiger partial charge is 0.462 e. The number of allylic oxidation sites excluding steroid dienone is 10. The molecule has 5 nitrogen and oxygen atoms in total. The van der Waals surface area contributed by atoms with Crippen molar-refractivity contribution in [3.05, 3.63) is 60.8 Å². The fourth-order valence-corrected chi connectivity index (χ4v) is 8.57. The predicted octanol–water partition coefficient (Wildman–Crippen LogP) is 20.5. The summed E-state index contributed by atoms with van der Waals surface area (Å²) >= 11 is 0. The molecule has 396 valence electrons. The maximum atomic E-state index is 12.9. The van der Waals surface area contributed by atoms with E-state index in [0.717, 1.165) is 70.6 Å². The lowest BCUT2D eigenvalue weighted by Gasteiger charge is -2.18. The summed E-state index contributed by atoms with van der Waals surface area (Å²) in [6.45, 7) is 7.73. The molecule has 0 radical (unpaired) electrons. The maximum absolute atomic E-state index is 12.9. The van der Waals surface area contributed by atoms with Crippen molar-refractivity contribution in [2.45, 2.75) is 309 Å². The van der Waals surface area contributed by atoms with Crippen LogP contribution >= 0.6 is 0 Å². The van der Waals surface area contributed by atoms with E-state index >= 15 is 0 Å². The minimum Gasteiger partial charge on any atom is -0.462 e. The standard InChI is InChI=1S/C63H114O5/c1-4-7-10-13-16-19-22-25-28-30-32-33-36-38-41-44-47-50-53-56-62(64)67-60-61(68-63(65)57-54-51-48-45-42-39-35-27-24-21-18-15-12-9-6-3)59-66-58-55-52-49-46-43-40-37-34-31-29-26-23-20-17-14-11-8-5-2/h9,12,18,21,25-29,35,61H,4-8,10-11,13-17,19-20,22-24,30-34,36-60H2,1-3H3/b12-9-,21-18-,28-25-,29-26-,35-27-. The van der Waals surface area contributed by atoms with Gasteiger partial charge in [0.25, 0.3) is 0 Å². The van der Waals surface area contributed by atoms with Gasteiger partial charge >= 0.3 is 11.9 Å². The van der Waals surface area contributed by atoms with Crippen LogP contribution in [0.15, 0.2) is 60.8 Å². The van der Waals surface area contributed by atoms with Gasteiger partial charge in [-0.25, -0.2) is 0 Å². The zero-order chi connectivity index (χ0) is 49.2. The second-order valence-corrected chi connectivity index (χ2v) is 19.9. The van der Waals surface area contributed by atoms with Gasteiger partial charge in [0.1, 0.15) is 6.61 Å². The first-order valence-corrected chi connectivity index (χ1v) is 29.8. The van der Waals surface area contributed by atoms with Crippen molar-refractivity contribution in [1.29, 1.82) is 0 Å². The number of rotatable bonds is 55. The Morgan fingerprint density at radius 2 is 0.662 bits per heavy atom. The summed E-state index contributed by atoms with van der Waals surface area (Å²) in [6, 6.07) is 0. The van der Waals surface area contributed by atoms with Crippen molar-refractivity contribution >= 4 is 11.9 Å². The van der Waals surface area contributed by atoms with Gasteiger partial charge in [-0.2, -0.15) is 0 Å². The molecule has 68 heavy (non-hydrogen) atoms. The van der Waals surface area contributed by atoms with Gasteiger partial charge in [0, 0.05) is 19.4 Å². The van der Waals surface area contributed by atoms with Crippen molar-refractivity contribution < 1.29 is 23.8 Å². The molecule has 0 saturated heterocycles. The summed E-state index contributed by atoms with van der Waals surface area (Å²) in [5.41, 5.74) is 0. The fourth-order valence-electron chi connectivity index (χ4n) is 8.57. The van der Waals surface area contributed by atoms with Crippen molar-refractivity contribution in [3.63, 3.8) is 0 Å². The molecule has 1 unspecified atom stereocenters. The minimum atomic E-state index is -0.549. The highest BCUT2D eigenvalue weighted by atomic mass is 16.6. The molecule has 1 atom stereocenters. The van der Waals surface area contributed by atoms with E-state index in [2.05, 4.69) is 81.5 Å². The van der Waals surface area contributed by atoms with Crippen LogP contribution in [0.3, 0.4) is 0 Å². The molecule has 0 aliphatic carbocycles. The summed E-state index contributed by atoms with van der Waals surface area (Å²) in [5.74, 6) is -0.408. The monoisotopic (exact) mass is 951 g/mol. The number of carbonyl (C=O) groups is 2. The Morgan fingerprint density at radius 3 is 1.07 bits per heavy atom. The lowest BCUT2D eigenvalue weighted by molar-refractivity contribution is -0.163. The molecule has 0 aliphatic heterocycles. The second-order valence-electron chi connectivity index (χ2n) is 19.9. The maximum Gasteiger partial charge on any atom is 0.306 e. The first kappa shape index (κ1) is 65.6. The lowest BCUT2D eigenvalue weighted by Crippen LogP contribution is -2.30. The van der Waals surface area contributed by atoms with Gasteiger partial charge in [0.15, 0.2) is 6.10 Å². The van der Waals surface area contributed by atoms with Gasteiger partial charge in [-0.3, -0.25) is 9.59 Å². The third-order valence-electron chi connectivity index (χ3n) is 13.0. The molecule has 0 saturated carbocycles. The smallest absolute Gasteiger partial charge is 0.306 e. The Balaban J connectivity index is 4.27. The van der Waals surface area contributed by atoms with Gasteiger partial charge in [-0.1, -0.05) is 248 Å². The van der Waals surface area contributed by atoms with E-state index in [0.29, 0.717) is 19.4 Å². The number of unbranched alkanes of at least 4 members (excludes halogenated alkanes) is 34. The summed E-state index contributed by atoms with van der Waals surface area (Å²) in [5, 5.41) is 0. The molecule has 0 amide bonds. The van der Waals surface area contributed by atoms with Crippen LogP contribution in [0.1, 0.15) is 303 Å². The highest BCUT2D eigenvalue weighted by molar-refractivity contribution is 5.70. The number of esters is 2. The van der Waals surface area contributed by atoms with E-state index in [9.17, 15) is 9.59 Å². The van der Waals surface area contributed by atoms with E-state index in [1.54, 1.807) is 0 Å². The molecule has 0 aromatic rings. The first-order valence-electron chi connectivity index (χ1n) is 29.8. The molecule has 0 aliphatic rings. The van der Waals surface area contributed by atoms with Gasteiger partial charge in [0.2, 0.25) is 0 Å². The summed E-state index contributed by atoms with van der Waals surface area (Å²) in [4.78, 5) is 25.5. The highest BCUT2D eigenvalue weighted by Crippen LogP contribution is 2.15. The van der Waals surface area contributed by atoms with Crippen LogP contribution in [-0.4, -0.2) is 37.9 Å². The Kier molecular flexibility index (Phi) is 56.8. The van der Waals surface area contributed by atoms with Gasteiger partial charge < -0.3 is 14.2 Å². The minimum absolute atomic E-state index is 0.0770.